The van der Waals surface area contributed by atoms with Crippen LogP contribution in [0.2, 0.25) is 0 Å². The Morgan fingerprint density at radius 1 is 0.970 bits per heavy atom. The molecule has 6 nitrogen and oxygen atoms in total. The number of hydrogen-bond acceptors (Lipinski definition) is 5. The van der Waals surface area contributed by atoms with Crippen LogP contribution in [0.25, 0.3) is 6.08 Å². The lowest BCUT2D eigenvalue weighted by Crippen LogP contribution is -2.49. The van der Waals surface area contributed by atoms with Crippen molar-refractivity contribution >= 4 is 12.0 Å². The lowest BCUT2D eigenvalue weighted by molar-refractivity contribution is -0.133. The summed E-state index contributed by atoms with van der Waals surface area (Å²) in [5.74, 6) is 1.82. The number of piperazine rings is 1. The SMILES string of the molecule is COc1ccc(OC)c(C2CCCN2C(=O)CN2CCN(C/C=C/c3ccccc3)CC2)c1. The molecule has 2 aromatic carbocycles. The van der Waals surface area contributed by atoms with E-state index in [0.29, 0.717) is 6.54 Å². The van der Waals surface area contributed by atoms with Crippen molar-refractivity contribution in [3.63, 3.8) is 0 Å². The lowest BCUT2D eigenvalue weighted by atomic mass is 10.0. The molecule has 0 aromatic heterocycles. The van der Waals surface area contributed by atoms with Crippen molar-refractivity contribution in [2.24, 2.45) is 0 Å². The van der Waals surface area contributed by atoms with Gasteiger partial charge in [-0.05, 0) is 36.6 Å². The van der Waals surface area contributed by atoms with E-state index < -0.39 is 0 Å². The summed E-state index contributed by atoms with van der Waals surface area (Å²) in [6, 6.07) is 16.3. The Balaban J connectivity index is 1.29. The van der Waals surface area contributed by atoms with Gasteiger partial charge in [0, 0.05) is 44.8 Å². The Morgan fingerprint density at radius 3 is 2.45 bits per heavy atom. The van der Waals surface area contributed by atoms with Crippen LogP contribution in [-0.4, -0.2) is 80.6 Å². The van der Waals surface area contributed by atoms with E-state index in [4.69, 9.17) is 9.47 Å². The molecule has 1 atom stereocenters. The molecule has 0 saturated carbocycles. The summed E-state index contributed by atoms with van der Waals surface area (Å²) in [6.45, 7) is 6.04. The summed E-state index contributed by atoms with van der Waals surface area (Å²) < 4.78 is 11.0. The molecule has 2 aliphatic rings. The predicted octanol–water partition coefficient (Wildman–Crippen LogP) is 3.70. The fraction of sp³-hybridized carbons (Fsp3) is 0.444. The number of carbonyl (C=O) groups excluding carboxylic acids is 1. The molecule has 0 radical (unpaired) electrons. The molecule has 2 aliphatic heterocycles. The second-order valence-corrected chi connectivity index (χ2v) is 8.74. The first kappa shape index (κ1) is 23.3. The molecule has 2 saturated heterocycles. The first-order chi connectivity index (χ1) is 16.2. The minimum Gasteiger partial charge on any atom is -0.497 e. The van der Waals surface area contributed by atoms with E-state index >= 15 is 0 Å². The van der Waals surface area contributed by atoms with Gasteiger partial charge in [0.15, 0.2) is 0 Å². The molecule has 1 unspecified atom stereocenters. The second kappa shape index (κ2) is 11.3. The molecule has 2 fully saturated rings. The number of amides is 1. The average molecular weight is 450 g/mol. The Hall–Kier alpha value is -2.83. The third-order valence-corrected chi connectivity index (χ3v) is 6.67. The summed E-state index contributed by atoms with van der Waals surface area (Å²) in [5, 5.41) is 0. The van der Waals surface area contributed by atoms with Gasteiger partial charge >= 0.3 is 0 Å². The number of carbonyl (C=O) groups is 1. The van der Waals surface area contributed by atoms with Gasteiger partial charge in [-0.2, -0.15) is 0 Å². The zero-order valence-electron chi connectivity index (χ0n) is 19.8. The van der Waals surface area contributed by atoms with Crippen LogP contribution in [0.3, 0.4) is 0 Å². The highest BCUT2D eigenvalue weighted by molar-refractivity contribution is 5.79. The van der Waals surface area contributed by atoms with E-state index in [1.54, 1.807) is 14.2 Å². The van der Waals surface area contributed by atoms with Crippen molar-refractivity contribution in [2.75, 3.05) is 60.0 Å². The average Bonchev–Trinajstić information content (AvgIpc) is 3.35. The zero-order chi connectivity index (χ0) is 23.0. The van der Waals surface area contributed by atoms with Crippen LogP contribution >= 0.6 is 0 Å². The van der Waals surface area contributed by atoms with Gasteiger partial charge < -0.3 is 14.4 Å². The van der Waals surface area contributed by atoms with Crippen molar-refractivity contribution in [3.8, 4) is 11.5 Å². The summed E-state index contributed by atoms with van der Waals surface area (Å²) in [5.41, 5.74) is 2.27. The van der Waals surface area contributed by atoms with Gasteiger partial charge in [-0.15, -0.1) is 0 Å². The van der Waals surface area contributed by atoms with Crippen molar-refractivity contribution in [3.05, 3.63) is 65.7 Å². The van der Waals surface area contributed by atoms with E-state index in [9.17, 15) is 4.79 Å². The summed E-state index contributed by atoms with van der Waals surface area (Å²) in [6.07, 6.45) is 6.37. The van der Waals surface area contributed by atoms with Crippen LogP contribution < -0.4 is 9.47 Å². The van der Waals surface area contributed by atoms with Crippen LogP contribution in [0.5, 0.6) is 11.5 Å². The molecule has 2 aromatic rings. The molecule has 33 heavy (non-hydrogen) atoms. The minimum absolute atomic E-state index is 0.0481. The van der Waals surface area contributed by atoms with Gasteiger partial charge in [0.25, 0.3) is 0 Å². The van der Waals surface area contributed by atoms with Crippen molar-refractivity contribution < 1.29 is 14.3 Å². The van der Waals surface area contributed by atoms with Gasteiger partial charge in [0.05, 0.1) is 26.8 Å². The fourth-order valence-corrected chi connectivity index (χ4v) is 4.80. The predicted molar refractivity (Wildman–Crippen MR) is 132 cm³/mol. The first-order valence-corrected chi connectivity index (χ1v) is 11.9. The maximum atomic E-state index is 13.2. The van der Waals surface area contributed by atoms with Crippen LogP contribution in [0.4, 0.5) is 0 Å². The molecule has 0 spiro atoms. The third-order valence-electron chi connectivity index (χ3n) is 6.67. The van der Waals surface area contributed by atoms with E-state index in [2.05, 4.69) is 46.2 Å². The Morgan fingerprint density at radius 2 is 1.73 bits per heavy atom. The fourth-order valence-electron chi connectivity index (χ4n) is 4.80. The van der Waals surface area contributed by atoms with Crippen LogP contribution in [0.1, 0.15) is 30.0 Å². The molecule has 176 valence electrons. The molecular formula is C27H35N3O3. The van der Waals surface area contributed by atoms with E-state index in [1.165, 1.54) is 5.56 Å². The monoisotopic (exact) mass is 449 g/mol. The Labute approximate surface area is 197 Å². The topological polar surface area (TPSA) is 45.3 Å². The van der Waals surface area contributed by atoms with Gasteiger partial charge in [0.2, 0.25) is 5.91 Å². The van der Waals surface area contributed by atoms with E-state index in [1.807, 2.05) is 29.2 Å². The maximum absolute atomic E-state index is 13.2. The number of ether oxygens (including phenoxy) is 2. The van der Waals surface area contributed by atoms with Crippen LogP contribution in [0.15, 0.2) is 54.6 Å². The van der Waals surface area contributed by atoms with Gasteiger partial charge in [-0.3, -0.25) is 14.6 Å². The highest BCUT2D eigenvalue weighted by Crippen LogP contribution is 2.39. The quantitative estimate of drug-likeness (QED) is 0.615. The molecule has 0 N–H and O–H groups in total. The van der Waals surface area contributed by atoms with Gasteiger partial charge in [-0.25, -0.2) is 0 Å². The van der Waals surface area contributed by atoms with E-state index in [0.717, 1.165) is 69.2 Å². The van der Waals surface area contributed by atoms with Gasteiger partial charge in [0.1, 0.15) is 11.5 Å². The summed E-state index contributed by atoms with van der Waals surface area (Å²) in [4.78, 5) is 20.0. The molecule has 2 heterocycles. The smallest absolute Gasteiger partial charge is 0.237 e. The third kappa shape index (κ3) is 5.95. The zero-order valence-corrected chi connectivity index (χ0v) is 19.8. The van der Waals surface area contributed by atoms with Crippen molar-refractivity contribution in [1.82, 2.24) is 14.7 Å². The van der Waals surface area contributed by atoms with Crippen molar-refractivity contribution in [2.45, 2.75) is 18.9 Å². The van der Waals surface area contributed by atoms with Crippen LogP contribution in [-0.2, 0) is 4.79 Å². The Bertz CT molecular complexity index is 939. The molecule has 6 heteroatoms. The van der Waals surface area contributed by atoms with Crippen LogP contribution in [0, 0.1) is 0 Å². The number of benzene rings is 2. The maximum Gasteiger partial charge on any atom is 0.237 e. The molecular weight excluding hydrogens is 414 g/mol. The minimum atomic E-state index is 0.0481. The Kier molecular flexibility index (Phi) is 8.02. The summed E-state index contributed by atoms with van der Waals surface area (Å²) in [7, 11) is 3.35. The van der Waals surface area contributed by atoms with Gasteiger partial charge in [-0.1, -0.05) is 42.5 Å². The number of nitrogens with zero attached hydrogens (tertiary/aromatic N) is 3. The van der Waals surface area contributed by atoms with E-state index in [-0.39, 0.29) is 11.9 Å². The number of hydrogen-bond donors (Lipinski definition) is 0. The largest absolute Gasteiger partial charge is 0.497 e. The molecule has 4 rings (SSSR count). The number of rotatable bonds is 8. The normalized spacial score (nSPS) is 19.8. The molecule has 1 amide bonds. The molecule has 0 bridgehead atoms. The summed E-state index contributed by atoms with van der Waals surface area (Å²) >= 11 is 0. The first-order valence-electron chi connectivity index (χ1n) is 11.9. The standard InChI is InChI=1S/C27H35N3O3/c1-32-23-12-13-26(33-2)24(20-23)25-11-7-15-30(25)27(31)21-29-18-16-28(17-19-29)14-6-10-22-8-4-3-5-9-22/h3-6,8-10,12-13,20,25H,7,11,14-19,21H2,1-2H3/b10-6+. The number of likely N-dealkylation sites (tertiary alicyclic amines) is 1. The highest BCUT2D eigenvalue weighted by Gasteiger charge is 2.33. The highest BCUT2D eigenvalue weighted by atomic mass is 16.5. The number of methoxy groups -OCH3 is 2. The lowest BCUT2D eigenvalue weighted by Gasteiger charge is -2.35. The molecule has 0 aliphatic carbocycles. The second-order valence-electron chi connectivity index (χ2n) is 8.74. The van der Waals surface area contributed by atoms with Crippen molar-refractivity contribution in [1.29, 1.82) is 0 Å².